The van der Waals surface area contributed by atoms with Gasteiger partial charge in [0.2, 0.25) is 0 Å². The highest BCUT2D eigenvalue weighted by Crippen LogP contribution is 2.41. The lowest BCUT2D eigenvalue weighted by atomic mass is 10.2. The van der Waals surface area contributed by atoms with Crippen molar-refractivity contribution in [3.63, 3.8) is 0 Å². The van der Waals surface area contributed by atoms with Crippen LogP contribution in [0.25, 0.3) is 0 Å². The number of hydrogen-bond acceptors (Lipinski definition) is 1. The monoisotopic (exact) mass is 288 g/mol. The van der Waals surface area contributed by atoms with Gasteiger partial charge in [-0.2, -0.15) is 0 Å². The Morgan fingerprint density at radius 3 is 2.13 bits per heavy atom. The van der Waals surface area contributed by atoms with E-state index in [0.717, 1.165) is 4.48 Å². The second-order valence-electron chi connectivity index (χ2n) is 6.04. The second kappa shape index (κ2) is 4.17. The second-order valence-corrected chi connectivity index (χ2v) is 12.2. The molecule has 1 rings (SSSR count). The fourth-order valence-corrected chi connectivity index (χ4v) is 3.28. The minimum absolute atomic E-state index is 0.136. The first kappa shape index (κ1) is 13.2. The Hall–Kier alpha value is 0.107. The zero-order chi connectivity index (χ0) is 11.9. The Labute approximate surface area is 102 Å². The van der Waals surface area contributed by atoms with Crippen molar-refractivity contribution in [2.75, 3.05) is 0 Å². The SMILES string of the molecule is CC(C)(C)[Si](C)(C)C(=O)/C=C(/Br)C1CC1. The van der Waals surface area contributed by atoms with Gasteiger partial charge in [0.05, 0.1) is 0 Å². The van der Waals surface area contributed by atoms with E-state index in [-0.39, 0.29) is 5.04 Å². The van der Waals surface area contributed by atoms with E-state index in [2.05, 4.69) is 49.8 Å². The van der Waals surface area contributed by atoms with Crippen molar-refractivity contribution in [3.05, 3.63) is 10.6 Å². The summed E-state index contributed by atoms with van der Waals surface area (Å²) in [4.78, 5) is 12.2. The quantitative estimate of drug-likeness (QED) is 0.559. The lowest BCUT2D eigenvalue weighted by molar-refractivity contribution is -0.108. The molecule has 0 amide bonds. The van der Waals surface area contributed by atoms with Gasteiger partial charge < -0.3 is 4.79 Å². The van der Waals surface area contributed by atoms with Crippen LogP contribution < -0.4 is 0 Å². The van der Waals surface area contributed by atoms with E-state index in [1.165, 1.54) is 12.8 Å². The Balaban J connectivity index is 2.79. The van der Waals surface area contributed by atoms with E-state index in [1.54, 1.807) is 0 Å². The summed E-state index contributed by atoms with van der Waals surface area (Å²) in [6.07, 6.45) is 4.33. The summed E-state index contributed by atoms with van der Waals surface area (Å²) in [6, 6.07) is 0. The molecule has 1 aliphatic carbocycles. The van der Waals surface area contributed by atoms with Crippen LogP contribution in [0.15, 0.2) is 10.6 Å². The van der Waals surface area contributed by atoms with Crippen LogP contribution >= 0.6 is 15.9 Å². The smallest absolute Gasteiger partial charge is 0.137 e. The Morgan fingerprint density at radius 1 is 1.33 bits per heavy atom. The molecule has 1 saturated carbocycles. The van der Waals surface area contributed by atoms with Gasteiger partial charge in [-0.05, 0) is 29.9 Å². The van der Waals surface area contributed by atoms with Gasteiger partial charge in [-0.25, -0.2) is 0 Å². The Morgan fingerprint density at radius 2 is 1.80 bits per heavy atom. The van der Waals surface area contributed by atoms with Gasteiger partial charge in [-0.3, -0.25) is 0 Å². The summed E-state index contributed by atoms with van der Waals surface area (Å²) < 4.78 is 1.12. The van der Waals surface area contributed by atoms with E-state index in [9.17, 15) is 4.79 Å². The first-order chi connectivity index (χ1) is 6.66. The summed E-state index contributed by atoms with van der Waals surface area (Å²) in [5, 5.41) is 0.506. The Bertz CT molecular complexity index is 295. The minimum atomic E-state index is -1.83. The predicted octanol–water partition coefficient (Wildman–Crippen LogP) is 4.29. The molecule has 0 radical (unpaired) electrons. The van der Waals surface area contributed by atoms with Gasteiger partial charge in [0.15, 0.2) is 0 Å². The highest BCUT2D eigenvalue weighted by Gasteiger charge is 2.41. The molecule has 1 nitrogen and oxygen atoms in total. The molecule has 15 heavy (non-hydrogen) atoms. The summed E-state index contributed by atoms with van der Waals surface area (Å²) in [5.41, 5.74) is 0. The van der Waals surface area contributed by atoms with Crippen molar-refractivity contribution in [3.8, 4) is 0 Å². The number of carbonyl (C=O) groups is 1. The fourth-order valence-electron chi connectivity index (χ4n) is 1.15. The summed E-state index contributed by atoms with van der Waals surface area (Å²) in [5.74, 6) is 0.638. The first-order valence-electron chi connectivity index (χ1n) is 5.58. The molecule has 0 N–H and O–H groups in total. The fraction of sp³-hybridized carbons (Fsp3) is 0.750. The molecule has 0 bridgehead atoms. The summed E-state index contributed by atoms with van der Waals surface area (Å²) >= 11 is 3.53. The van der Waals surface area contributed by atoms with Crippen molar-refractivity contribution in [2.24, 2.45) is 5.92 Å². The lowest BCUT2D eigenvalue weighted by Gasteiger charge is -2.34. The number of hydrogen-bond donors (Lipinski definition) is 0. The van der Waals surface area contributed by atoms with Gasteiger partial charge >= 0.3 is 0 Å². The molecule has 1 fully saturated rings. The molecule has 0 aromatic carbocycles. The van der Waals surface area contributed by atoms with E-state index >= 15 is 0 Å². The van der Waals surface area contributed by atoms with Crippen LogP contribution in [-0.2, 0) is 4.79 Å². The van der Waals surface area contributed by atoms with Crippen LogP contribution in [0.5, 0.6) is 0 Å². The number of carbonyl (C=O) groups excluding carboxylic acids is 1. The molecule has 3 heteroatoms. The molecule has 1 aliphatic rings. The van der Waals surface area contributed by atoms with Crippen LogP contribution in [0.3, 0.4) is 0 Å². The molecular weight excluding hydrogens is 268 g/mol. The van der Waals surface area contributed by atoms with Gasteiger partial charge in [-0.1, -0.05) is 49.8 Å². The van der Waals surface area contributed by atoms with Gasteiger partial charge in [0.25, 0.3) is 0 Å². The van der Waals surface area contributed by atoms with Gasteiger partial charge in [-0.15, -0.1) is 0 Å². The van der Waals surface area contributed by atoms with E-state index in [4.69, 9.17) is 0 Å². The van der Waals surface area contributed by atoms with Gasteiger partial charge in [0, 0.05) is 4.48 Å². The van der Waals surface area contributed by atoms with Crippen molar-refractivity contribution in [2.45, 2.75) is 51.7 Å². The maximum Gasteiger partial charge on any atom is 0.137 e. The van der Waals surface area contributed by atoms with E-state index in [0.29, 0.717) is 11.3 Å². The molecule has 0 heterocycles. The van der Waals surface area contributed by atoms with E-state index < -0.39 is 8.07 Å². The highest BCUT2D eigenvalue weighted by molar-refractivity contribution is 9.11. The van der Waals surface area contributed by atoms with Crippen LogP contribution in [0.4, 0.5) is 0 Å². The van der Waals surface area contributed by atoms with Crippen molar-refractivity contribution >= 4 is 29.4 Å². The number of allylic oxidation sites excluding steroid dienone is 2. The maximum absolute atomic E-state index is 12.2. The largest absolute Gasteiger partial charge is 0.301 e. The zero-order valence-corrected chi connectivity index (χ0v) is 12.9. The number of halogens is 1. The number of rotatable bonds is 3. The maximum atomic E-state index is 12.2. The van der Waals surface area contributed by atoms with Gasteiger partial charge in [0.1, 0.15) is 13.5 Å². The predicted molar refractivity (Wildman–Crippen MR) is 71.9 cm³/mol. The zero-order valence-electron chi connectivity index (χ0n) is 10.4. The average Bonchev–Trinajstić information content (AvgIpc) is 2.83. The Kier molecular flexibility index (Phi) is 3.66. The van der Waals surface area contributed by atoms with Crippen molar-refractivity contribution in [1.82, 2.24) is 0 Å². The lowest BCUT2D eigenvalue weighted by Crippen LogP contribution is -2.45. The van der Waals surface area contributed by atoms with E-state index in [1.807, 2.05) is 6.08 Å². The molecule has 0 spiro atoms. The van der Waals surface area contributed by atoms with Crippen LogP contribution in [-0.4, -0.2) is 13.5 Å². The highest BCUT2D eigenvalue weighted by atomic mass is 79.9. The van der Waals surface area contributed by atoms with Crippen molar-refractivity contribution < 1.29 is 4.79 Å². The minimum Gasteiger partial charge on any atom is -0.301 e. The molecule has 0 atom stereocenters. The normalized spacial score (nSPS) is 19.2. The third-order valence-electron chi connectivity index (χ3n) is 3.73. The topological polar surface area (TPSA) is 17.1 Å². The average molecular weight is 289 g/mol. The standard InChI is InChI=1S/C12H21BrOSi/c1-12(2,3)15(4,5)11(14)8-10(13)9-6-7-9/h8-9H,6-7H2,1-5H3/b10-8+. The summed E-state index contributed by atoms with van der Waals surface area (Å²) in [7, 11) is -1.83. The first-order valence-corrected chi connectivity index (χ1v) is 9.37. The van der Waals surface area contributed by atoms with Crippen LogP contribution in [0.1, 0.15) is 33.6 Å². The van der Waals surface area contributed by atoms with Crippen LogP contribution in [0.2, 0.25) is 18.1 Å². The molecule has 0 aromatic rings. The molecule has 86 valence electrons. The van der Waals surface area contributed by atoms with Crippen molar-refractivity contribution in [1.29, 1.82) is 0 Å². The molecule has 0 aliphatic heterocycles. The third kappa shape index (κ3) is 3.03. The molecule has 0 saturated heterocycles. The molecule has 0 aromatic heterocycles. The summed E-state index contributed by atoms with van der Waals surface area (Å²) in [6.45, 7) is 10.9. The van der Waals surface area contributed by atoms with Crippen LogP contribution in [0, 0.1) is 5.92 Å². The molecule has 0 unspecified atom stereocenters. The molecular formula is C12H21BrOSi. The third-order valence-corrected chi connectivity index (χ3v) is 9.73.